The minimum atomic E-state index is 0.0562. The molecule has 1 aromatic heterocycles. The molecule has 4 aliphatic carbocycles. The summed E-state index contributed by atoms with van der Waals surface area (Å²) in [5.41, 5.74) is 12.5. The van der Waals surface area contributed by atoms with Gasteiger partial charge in [0.25, 0.3) is 0 Å². The third-order valence-electron chi connectivity index (χ3n) is 9.99. The summed E-state index contributed by atoms with van der Waals surface area (Å²) in [6.07, 6.45) is 11.5. The van der Waals surface area contributed by atoms with Crippen LogP contribution in [0, 0.1) is 0 Å². The Labute approximate surface area is 206 Å². The fourth-order valence-electron chi connectivity index (χ4n) is 8.51. The van der Waals surface area contributed by atoms with Gasteiger partial charge in [0.2, 0.25) is 0 Å². The number of hydrogen-bond acceptors (Lipinski definition) is 3. The topological polar surface area (TPSA) is 57.8 Å². The number of rotatable bonds is 4. The number of nitrogens with zero attached hydrogens (tertiary/aromatic N) is 1. The van der Waals surface area contributed by atoms with Gasteiger partial charge in [-0.05, 0) is 109 Å². The minimum Gasteiger partial charge on any atom is -0.341 e. The second-order valence-electron chi connectivity index (χ2n) is 11.6. The van der Waals surface area contributed by atoms with Crippen LogP contribution >= 0.6 is 0 Å². The van der Waals surface area contributed by atoms with E-state index in [-0.39, 0.29) is 11.8 Å². The molecule has 4 nitrogen and oxygen atoms in total. The van der Waals surface area contributed by atoms with E-state index < -0.39 is 0 Å². The third kappa shape index (κ3) is 2.72. The van der Waals surface area contributed by atoms with E-state index in [1.165, 1.54) is 53.5 Å². The number of H-pyrrole nitrogens is 1. The number of hydrogen-bond donors (Lipinski definition) is 2. The molecule has 35 heavy (non-hydrogen) atoms. The number of aromatic amines is 1. The molecule has 0 amide bonds. The summed E-state index contributed by atoms with van der Waals surface area (Å²) in [6.45, 7) is 3.36. The first kappa shape index (κ1) is 20.5. The van der Waals surface area contributed by atoms with Gasteiger partial charge < -0.3 is 10.3 Å². The monoisotopic (exact) mass is 463 g/mol. The molecule has 4 bridgehead atoms. The lowest BCUT2D eigenvalue weighted by Crippen LogP contribution is -2.14. The third-order valence-corrected chi connectivity index (χ3v) is 9.99. The van der Waals surface area contributed by atoms with Gasteiger partial charge in [-0.25, -0.2) is 4.98 Å². The predicted octanol–water partition coefficient (Wildman–Crippen LogP) is 6.64. The molecule has 5 aliphatic rings. The van der Waals surface area contributed by atoms with Crippen molar-refractivity contribution in [2.24, 2.45) is 0 Å². The van der Waals surface area contributed by atoms with E-state index in [9.17, 15) is 4.79 Å². The van der Waals surface area contributed by atoms with Crippen molar-refractivity contribution < 1.29 is 4.79 Å². The first-order valence-electron chi connectivity index (χ1n) is 13.9. The molecule has 2 heterocycles. The minimum absolute atomic E-state index is 0.0562. The van der Waals surface area contributed by atoms with Gasteiger partial charge in [0.1, 0.15) is 11.6 Å². The van der Waals surface area contributed by atoms with Crippen LogP contribution in [0.15, 0.2) is 30.5 Å². The molecular formula is C31H33N3O. The molecule has 5 atom stereocenters. The van der Waals surface area contributed by atoms with Gasteiger partial charge in [-0.1, -0.05) is 31.2 Å². The Kier molecular flexibility index (Phi) is 4.32. The lowest BCUT2D eigenvalue weighted by molar-refractivity contribution is -0.119. The Morgan fingerprint density at radius 1 is 0.857 bits per heavy atom. The summed E-state index contributed by atoms with van der Waals surface area (Å²) in [7, 11) is 0. The van der Waals surface area contributed by atoms with E-state index in [1.54, 1.807) is 16.7 Å². The Balaban J connectivity index is 1.31. The normalized spacial score (nSPS) is 29.9. The van der Waals surface area contributed by atoms with E-state index in [4.69, 9.17) is 4.98 Å². The molecule has 0 spiro atoms. The number of imidazole rings is 1. The maximum Gasteiger partial charge on any atom is 0.147 e. The Bertz CT molecular complexity index is 1380. The molecule has 1 saturated heterocycles. The van der Waals surface area contributed by atoms with Crippen molar-refractivity contribution in [3.63, 3.8) is 0 Å². The van der Waals surface area contributed by atoms with Gasteiger partial charge in [-0.2, -0.15) is 0 Å². The molecule has 5 unspecified atom stereocenters. The Morgan fingerprint density at radius 2 is 1.57 bits per heavy atom. The maximum atomic E-state index is 13.4. The highest BCUT2D eigenvalue weighted by Crippen LogP contribution is 2.60. The Hall–Kier alpha value is -2.72. The van der Waals surface area contributed by atoms with Gasteiger partial charge in [0.15, 0.2) is 0 Å². The highest BCUT2D eigenvalue weighted by atomic mass is 16.1. The summed E-state index contributed by atoms with van der Waals surface area (Å²) in [4.78, 5) is 21.8. The number of fused-ring (bicyclic) bond motifs is 10. The number of ketones is 1. The molecule has 1 aliphatic heterocycles. The zero-order chi connectivity index (χ0) is 23.3. The predicted molar refractivity (Wildman–Crippen MR) is 138 cm³/mol. The maximum absolute atomic E-state index is 13.4. The van der Waals surface area contributed by atoms with E-state index in [2.05, 4.69) is 41.5 Å². The van der Waals surface area contributed by atoms with Crippen LogP contribution in [0.3, 0.4) is 0 Å². The van der Waals surface area contributed by atoms with Crippen LogP contribution < -0.4 is 5.32 Å². The van der Waals surface area contributed by atoms with Crippen molar-refractivity contribution in [3.05, 3.63) is 64.1 Å². The van der Waals surface area contributed by atoms with Crippen molar-refractivity contribution in [2.75, 3.05) is 6.54 Å². The molecular weight excluding hydrogens is 430 g/mol. The SMILES string of the molecule is CCc1ccc(-c2ccc(-c3cnc(C4CCCN4)[nH]3)c3c2C2CCC3C2=O)c2c1C1CCC2C1. The zero-order valence-electron chi connectivity index (χ0n) is 20.5. The van der Waals surface area contributed by atoms with Crippen LogP contribution in [0.5, 0.6) is 0 Å². The van der Waals surface area contributed by atoms with Gasteiger partial charge >= 0.3 is 0 Å². The largest absolute Gasteiger partial charge is 0.341 e. The summed E-state index contributed by atoms with van der Waals surface area (Å²) in [5.74, 6) is 3.07. The average Bonchev–Trinajstić information content (AvgIpc) is 3.72. The van der Waals surface area contributed by atoms with Gasteiger partial charge in [-0.3, -0.25) is 4.79 Å². The van der Waals surface area contributed by atoms with Gasteiger partial charge in [-0.15, -0.1) is 0 Å². The van der Waals surface area contributed by atoms with E-state index in [1.807, 2.05) is 6.20 Å². The standard InChI is InChI=1S/C31H33N3O/c1-2-16-7-8-19(27-18-6-5-17(14-18)26(16)27)20-9-10-21(29-23-12-11-22(28(20)29)30(23)35)25-15-33-31(34-25)24-4-3-13-32-24/h7-10,15,17-18,22-24,32H,2-6,11-14H2,1H3,(H,33,34). The van der Waals surface area contributed by atoms with E-state index in [0.717, 1.165) is 49.7 Å². The van der Waals surface area contributed by atoms with Crippen molar-refractivity contribution in [1.82, 2.24) is 15.3 Å². The van der Waals surface area contributed by atoms with Crippen LogP contribution in [0.25, 0.3) is 22.4 Å². The van der Waals surface area contributed by atoms with Crippen molar-refractivity contribution >= 4 is 5.78 Å². The molecule has 4 heteroatoms. The van der Waals surface area contributed by atoms with Crippen molar-refractivity contribution in [1.29, 1.82) is 0 Å². The number of nitrogens with one attached hydrogen (secondary N) is 2. The summed E-state index contributed by atoms with van der Waals surface area (Å²) >= 11 is 0. The number of aromatic nitrogens is 2. The first-order valence-corrected chi connectivity index (χ1v) is 13.9. The summed E-state index contributed by atoms with van der Waals surface area (Å²) in [5, 5.41) is 3.55. The quantitative estimate of drug-likeness (QED) is 0.456. The smallest absolute Gasteiger partial charge is 0.147 e. The molecule has 178 valence electrons. The number of carbonyl (C=O) groups excluding carboxylic acids is 1. The molecule has 2 saturated carbocycles. The fourth-order valence-corrected chi connectivity index (χ4v) is 8.51. The van der Waals surface area contributed by atoms with Crippen LogP contribution in [0.2, 0.25) is 0 Å². The van der Waals surface area contributed by atoms with Crippen molar-refractivity contribution in [3.8, 4) is 22.4 Å². The second-order valence-corrected chi connectivity index (χ2v) is 11.6. The molecule has 2 aromatic carbocycles. The molecule has 0 radical (unpaired) electrons. The number of aryl methyl sites for hydroxylation is 1. The second kappa shape index (κ2) is 7.39. The lowest BCUT2D eigenvalue weighted by atomic mass is 9.78. The van der Waals surface area contributed by atoms with Crippen LogP contribution in [0.4, 0.5) is 0 Å². The summed E-state index contributed by atoms with van der Waals surface area (Å²) < 4.78 is 0. The fraction of sp³-hybridized carbons (Fsp3) is 0.484. The van der Waals surface area contributed by atoms with E-state index in [0.29, 0.717) is 17.7 Å². The molecule has 3 aromatic rings. The van der Waals surface area contributed by atoms with E-state index >= 15 is 0 Å². The van der Waals surface area contributed by atoms with Crippen molar-refractivity contribution in [2.45, 2.75) is 88.0 Å². The Morgan fingerprint density at radius 3 is 2.34 bits per heavy atom. The number of carbonyl (C=O) groups is 1. The highest BCUT2D eigenvalue weighted by Gasteiger charge is 2.48. The van der Waals surface area contributed by atoms with Gasteiger partial charge in [0, 0.05) is 17.4 Å². The first-order chi connectivity index (χ1) is 17.2. The molecule has 2 N–H and O–H groups in total. The highest BCUT2D eigenvalue weighted by molar-refractivity contribution is 6.03. The van der Waals surface area contributed by atoms with Gasteiger partial charge in [0.05, 0.1) is 17.9 Å². The lowest BCUT2D eigenvalue weighted by Gasteiger charge is -2.26. The molecule has 3 fully saturated rings. The van der Waals surface area contributed by atoms with Crippen LogP contribution in [-0.4, -0.2) is 22.3 Å². The zero-order valence-corrected chi connectivity index (χ0v) is 20.5. The molecule has 8 rings (SSSR count). The number of Topliss-reactive ketones (excluding diaryl/α,β-unsaturated/α-hetero) is 1. The van der Waals surface area contributed by atoms with Crippen LogP contribution in [-0.2, 0) is 11.2 Å². The van der Waals surface area contributed by atoms with Crippen LogP contribution in [0.1, 0.15) is 115 Å². The number of benzene rings is 2. The summed E-state index contributed by atoms with van der Waals surface area (Å²) in [6, 6.07) is 9.73. The average molecular weight is 464 g/mol.